The summed E-state index contributed by atoms with van der Waals surface area (Å²) in [6.45, 7) is 2.45. The van der Waals surface area contributed by atoms with Gasteiger partial charge in [-0.2, -0.15) is 0 Å². The van der Waals surface area contributed by atoms with Crippen LogP contribution in [0, 0.1) is 5.82 Å². The van der Waals surface area contributed by atoms with Crippen molar-refractivity contribution in [3.8, 4) is 0 Å². The second-order valence-corrected chi connectivity index (χ2v) is 9.91. The maximum Gasteiger partial charge on any atom is 0.407 e. The number of carbonyl (C=O) groups is 3. The summed E-state index contributed by atoms with van der Waals surface area (Å²) in [6, 6.07) is 12.3. The molecule has 1 N–H and O–H groups in total. The van der Waals surface area contributed by atoms with Crippen LogP contribution in [0.15, 0.2) is 42.5 Å². The molecule has 182 valence electrons. The van der Waals surface area contributed by atoms with Gasteiger partial charge in [0.1, 0.15) is 5.82 Å². The fourth-order valence-corrected chi connectivity index (χ4v) is 5.88. The first-order valence-corrected chi connectivity index (χ1v) is 12.0. The van der Waals surface area contributed by atoms with Crippen LogP contribution in [0.4, 0.5) is 14.9 Å². The molecule has 8 nitrogen and oxygen atoms in total. The molecule has 0 radical (unpaired) electrons. The molecule has 35 heavy (non-hydrogen) atoms. The van der Waals surface area contributed by atoms with Crippen LogP contribution in [0.5, 0.6) is 0 Å². The molecule has 0 aromatic heterocycles. The Morgan fingerprint density at radius 1 is 0.914 bits per heavy atom. The largest absolute Gasteiger partial charge is 0.465 e. The molecule has 2 amide bonds. The number of anilines is 1. The highest BCUT2D eigenvalue weighted by molar-refractivity contribution is 5.96. The Hall–Kier alpha value is -3.62. The van der Waals surface area contributed by atoms with Crippen molar-refractivity contribution in [2.75, 3.05) is 44.2 Å². The number of amides is 2. The maximum atomic E-state index is 15.4. The molecule has 0 bridgehead atoms. The molecule has 9 heteroatoms. The van der Waals surface area contributed by atoms with Crippen molar-refractivity contribution >= 4 is 23.7 Å². The quantitative estimate of drug-likeness (QED) is 0.681. The van der Waals surface area contributed by atoms with Gasteiger partial charge in [-0.3, -0.25) is 4.79 Å². The van der Waals surface area contributed by atoms with Crippen LogP contribution in [0.25, 0.3) is 0 Å². The molecule has 3 aliphatic heterocycles. The number of fused-ring (bicyclic) bond motifs is 2. The average Bonchev–Trinajstić information content (AvgIpc) is 3.48. The van der Waals surface area contributed by atoms with Gasteiger partial charge in [0.05, 0.1) is 17.5 Å². The molecule has 6 rings (SSSR count). The lowest BCUT2D eigenvalue weighted by atomic mass is 9.91. The molecule has 4 aliphatic rings. The molecule has 1 aliphatic carbocycles. The van der Waals surface area contributed by atoms with Crippen LogP contribution in [0.2, 0.25) is 0 Å². The van der Waals surface area contributed by atoms with Crippen LogP contribution in [0.3, 0.4) is 0 Å². The van der Waals surface area contributed by atoms with Crippen molar-refractivity contribution in [2.24, 2.45) is 0 Å². The minimum absolute atomic E-state index is 0.114. The number of carbonyl (C=O) groups excluding carboxylic acids is 2. The fourth-order valence-electron chi connectivity index (χ4n) is 5.88. The summed E-state index contributed by atoms with van der Waals surface area (Å²) < 4.78 is 21.1. The van der Waals surface area contributed by atoms with E-state index in [1.54, 1.807) is 23.1 Å². The Kier molecular flexibility index (Phi) is 4.81. The van der Waals surface area contributed by atoms with Gasteiger partial charge in [0.15, 0.2) is 5.60 Å². The highest BCUT2D eigenvalue weighted by atomic mass is 19.1. The Labute approximate surface area is 201 Å². The van der Waals surface area contributed by atoms with Crippen LogP contribution < -0.4 is 4.90 Å². The average molecular weight is 480 g/mol. The zero-order valence-electron chi connectivity index (χ0n) is 19.2. The molecule has 1 atom stereocenters. The summed E-state index contributed by atoms with van der Waals surface area (Å²) in [5.41, 5.74) is 0.768. The summed E-state index contributed by atoms with van der Waals surface area (Å²) in [5, 5.41) is 9.13. The number of benzene rings is 2. The van der Waals surface area contributed by atoms with Crippen LogP contribution in [0.1, 0.15) is 40.7 Å². The minimum atomic E-state index is -0.945. The Bertz CT molecular complexity index is 1240. The van der Waals surface area contributed by atoms with Crippen LogP contribution in [-0.2, 0) is 20.5 Å². The van der Waals surface area contributed by atoms with Crippen molar-refractivity contribution in [1.82, 2.24) is 9.80 Å². The molecule has 1 unspecified atom stereocenters. The van der Waals surface area contributed by atoms with Gasteiger partial charge in [0.25, 0.3) is 0 Å². The number of rotatable bonds is 3. The predicted molar refractivity (Wildman–Crippen MR) is 124 cm³/mol. The van der Waals surface area contributed by atoms with Gasteiger partial charge in [0, 0.05) is 56.0 Å². The lowest BCUT2D eigenvalue weighted by molar-refractivity contribution is -0.134. The SMILES string of the molecule is O=C1OC2(CCN(C(=O)C3(c4ccc(N5CCN(C(=O)O)CC5)cc4F)CC3)C2)c2ccccc21. The molecule has 1 saturated carbocycles. The number of carboxylic acid groups (broad SMARTS) is 1. The molecular weight excluding hydrogens is 453 g/mol. The van der Waals surface area contributed by atoms with Crippen molar-refractivity contribution in [3.05, 3.63) is 65.0 Å². The Morgan fingerprint density at radius 2 is 1.66 bits per heavy atom. The summed E-state index contributed by atoms with van der Waals surface area (Å²) >= 11 is 0. The zero-order valence-corrected chi connectivity index (χ0v) is 19.2. The summed E-state index contributed by atoms with van der Waals surface area (Å²) in [7, 11) is 0. The molecule has 3 heterocycles. The first-order valence-electron chi connectivity index (χ1n) is 12.0. The number of esters is 1. The Morgan fingerprint density at radius 3 is 2.34 bits per heavy atom. The smallest absolute Gasteiger partial charge is 0.407 e. The van der Waals surface area contributed by atoms with Crippen molar-refractivity contribution < 1.29 is 28.6 Å². The lowest BCUT2D eigenvalue weighted by Gasteiger charge is -2.35. The number of piperazine rings is 1. The molecular formula is C26H26FN3O5. The summed E-state index contributed by atoms with van der Waals surface area (Å²) in [5.74, 6) is -0.890. The van der Waals surface area contributed by atoms with Crippen LogP contribution in [-0.4, -0.2) is 72.1 Å². The van der Waals surface area contributed by atoms with E-state index in [0.29, 0.717) is 68.8 Å². The summed E-state index contributed by atoms with van der Waals surface area (Å²) in [6.07, 6.45) is 0.750. The molecule has 1 spiro atoms. The first kappa shape index (κ1) is 21.9. The van der Waals surface area contributed by atoms with Gasteiger partial charge in [-0.05, 0) is 31.0 Å². The fraction of sp³-hybridized carbons (Fsp3) is 0.423. The standard InChI is InChI=1S/C26H26FN3O5/c27-21-15-17(28-11-13-29(14-12-28)24(33)34)5-6-20(21)25(7-8-25)23(32)30-10-9-26(16-30)19-4-2-1-3-18(19)22(31)35-26/h1-6,15H,7-14,16H2,(H,33,34). The van der Waals surface area contributed by atoms with Gasteiger partial charge < -0.3 is 24.5 Å². The third-order valence-corrected chi connectivity index (χ3v) is 7.99. The normalized spacial score (nSPS) is 24.5. The highest BCUT2D eigenvalue weighted by Gasteiger charge is 2.58. The number of halogens is 1. The number of ether oxygens (including phenoxy) is 1. The van der Waals surface area contributed by atoms with Gasteiger partial charge in [0.2, 0.25) is 5.91 Å². The van der Waals surface area contributed by atoms with E-state index in [2.05, 4.69) is 0 Å². The van der Waals surface area contributed by atoms with E-state index >= 15 is 4.39 Å². The molecule has 2 aromatic rings. The number of nitrogens with zero attached hydrogens (tertiary/aromatic N) is 3. The van der Waals surface area contributed by atoms with E-state index < -0.39 is 22.9 Å². The third kappa shape index (κ3) is 3.36. The molecule has 2 saturated heterocycles. The van der Waals surface area contributed by atoms with E-state index in [1.165, 1.54) is 11.0 Å². The number of hydrogen-bond donors (Lipinski definition) is 1. The van der Waals surface area contributed by atoms with E-state index in [-0.39, 0.29) is 18.4 Å². The molecule has 3 fully saturated rings. The second-order valence-electron chi connectivity index (χ2n) is 9.91. The topological polar surface area (TPSA) is 90.4 Å². The van der Waals surface area contributed by atoms with Crippen LogP contribution >= 0.6 is 0 Å². The Balaban J connectivity index is 1.20. The third-order valence-electron chi connectivity index (χ3n) is 7.99. The van der Waals surface area contributed by atoms with Gasteiger partial charge >= 0.3 is 12.1 Å². The van der Waals surface area contributed by atoms with Gasteiger partial charge in [-0.25, -0.2) is 14.0 Å². The van der Waals surface area contributed by atoms with Crippen molar-refractivity contribution in [3.63, 3.8) is 0 Å². The summed E-state index contributed by atoms with van der Waals surface area (Å²) in [4.78, 5) is 42.2. The molecule has 2 aromatic carbocycles. The first-order chi connectivity index (χ1) is 16.8. The predicted octanol–water partition coefficient (Wildman–Crippen LogP) is 2.96. The monoisotopic (exact) mass is 479 g/mol. The maximum absolute atomic E-state index is 15.4. The zero-order chi connectivity index (χ0) is 24.4. The highest BCUT2D eigenvalue weighted by Crippen LogP contribution is 2.53. The number of likely N-dealkylation sites (tertiary alicyclic amines) is 1. The van der Waals surface area contributed by atoms with E-state index in [1.807, 2.05) is 23.1 Å². The van der Waals surface area contributed by atoms with Crippen molar-refractivity contribution in [1.29, 1.82) is 0 Å². The van der Waals surface area contributed by atoms with Gasteiger partial charge in [-0.1, -0.05) is 24.3 Å². The number of hydrogen-bond acceptors (Lipinski definition) is 5. The lowest BCUT2D eigenvalue weighted by Crippen LogP contribution is -2.48. The van der Waals surface area contributed by atoms with Crippen molar-refractivity contribution in [2.45, 2.75) is 30.3 Å². The minimum Gasteiger partial charge on any atom is -0.465 e. The van der Waals surface area contributed by atoms with E-state index in [9.17, 15) is 14.4 Å². The van der Waals surface area contributed by atoms with E-state index in [4.69, 9.17) is 9.84 Å². The van der Waals surface area contributed by atoms with E-state index in [0.717, 1.165) is 5.56 Å². The second kappa shape index (κ2) is 7.69. The van der Waals surface area contributed by atoms with Gasteiger partial charge in [-0.15, -0.1) is 0 Å².